The topological polar surface area (TPSA) is 87.9 Å². The van der Waals surface area contributed by atoms with Crippen LogP contribution in [-0.2, 0) is 9.53 Å². The van der Waals surface area contributed by atoms with E-state index in [1.807, 2.05) is 0 Å². The van der Waals surface area contributed by atoms with Crippen LogP contribution in [0.15, 0.2) is 36.4 Å². The number of hydrogen-bond acceptors (Lipinski definition) is 6. The molecular weight excluding hydrogens is 302 g/mol. The van der Waals surface area contributed by atoms with Gasteiger partial charge in [0.15, 0.2) is 11.5 Å². The number of ether oxygens (including phenoxy) is 3. The van der Waals surface area contributed by atoms with Gasteiger partial charge in [-0.15, -0.1) is 0 Å². The predicted octanol–water partition coefficient (Wildman–Crippen LogP) is 2.93. The highest BCUT2D eigenvalue weighted by molar-refractivity contribution is 5.81. The zero-order valence-corrected chi connectivity index (χ0v) is 12.7. The molecule has 7 heteroatoms. The molecule has 0 bridgehead atoms. The third-order valence-electron chi connectivity index (χ3n) is 3.23. The van der Waals surface area contributed by atoms with Crippen LogP contribution in [0.3, 0.4) is 0 Å². The van der Waals surface area contributed by atoms with E-state index in [-0.39, 0.29) is 12.5 Å². The molecule has 0 saturated heterocycles. The Morgan fingerprint density at radius 2 is 2.13 bits per heavy atom. The molecule has 2 rings (SSSR count). The maximum absolute atomic E-state index is 11.2. The molecule has 0 radical (unpaired) electrons. The summed E-state index contributed by atoms with van der Waals surface area (Å²) in [7, 11) is 1.31. The first-order valence-electron chi connectivity index (χ1n) is 7.11. The molecule has 0 saturated carbocycles. The van der Waals surface area contributed by atoms with E-state index in [0.717, 1.165) is 0 Å². The molecule has 1 heterocycles. The van der Waals surface area contributed by atoms with Crippen LogP contribution in [0.2, 0.25) is 0 Å². The maximum atomic E-state index is 11.2. The van der Waals surface area contributed by atoms with E-state index in [0.29, 0.717) is 36.3 Å². The fourth-order valence-electron chi connectivity index (χ4n) is 2.08. The summed E-state index contributed by atoms with van der Waals surface area (Å²) < 4.78 is 14.9. The van der Waals surface area contributed by atoms with Crippen molar-refractivity contribution in [3.05, 3.63) is 52.1 Å². The zero-order valence-electron chi connectivity index (χ0n) is 12.7. The second-order valence-electron chi connectivity index (χ2n) is 4.77. The van der Waals surface area contributed by atoms with Gasteiger partial charge < -0.3 is 14.2 Å². The number of allylic oxidation sites excluding steroid dienone is 2. The minimum Gasteiger partial charge on any atom is -0.466 e. The Hall–Kier alpha value is -2.83. The Morgan fingerprint density at radius 1 is 1.35 bits per heavy atom. The zero-order chi connectivity index (χ0) is 16.7. The summed E-state index contributed by atoms with van der Waals surface area (Å²) in [6.07, 6.45) is 6.45. The summed E-state index contributed by atoms with van der Waals surface area (Å²) in [5, 5.41) is 11.2. The molecule has 7 nitrogen and oxygen atoms in total. The summed E-state index contributed by atoms with van der Waals surface area (Å²) in [6, 6.07) is 4.90. The molecule has 0 amide bonds. The van der Waals surface area contributed by atoms with Crippen molar-refractivity contribution >= 4 is 11.7 Å². The summed E-state index contributed by atoms with van der Waals surface area (Å²) in [5.41, 5.74) is 0.504. The quantitative estimate of drug-likeness (QED) is 0.252. The van der Waals surface area contributed by atoms with Crippen molar-refractivity contribution < 1.29 is 23.9 Å². The molecule has 0 fully saturated rings. The van der Waals surface area contributed by atoms with Crippen molar-refractivity contribution in [2.45, 2.75) is 19.3 Å². The van der Waals surface area contributed by atoms with Crippen LogP contribution in [0, 0.1) is 10.1 Å². The molecule has 122 valence electrons. The van der Waals surface area contributed by atoms with Crippen molar-refractivity contribution in [2.24, 2.45) is 0 Å². The SMILES string of the molecule is COC(=O)/C=C/CCC/C=C(/c1ccc2c(c1)OCO2)[N+](=O)[O-]. The number of esters is 1. The van der Waals surface area contributed by atoms with E-state index >= 15 is 0 Å². The van der Waals surface area contributed by atoms with Crippen molar-refractivity contribution in [3.8, 4) is 11.5 Å². The van der Waals surface area contributed by atoms with Crippen LogP contribution in [-0.4, -0.2) is 24.8 Å². The van der Waals surface area contributed by atoms with Crippen molar-refractivity contribution in [2.75, 3.05) is 13.9 Å². The van der Waals surface area contributed by atoms with Gasteiger partial charge in [0.25, 0.3) is 5.70 Å². The number of fused-ring (bicyclic) bond motifs is 1. The number of unbranched alkanes of at least 4 members (excludes halogenated alkanes) is 2. The molecule has 1 aliphatic heterocycles. The summed E-state index contributed by atoms with van der Waals surface area (Å²) in [6.45, 7) is 0.128. The number of rotatable bonds is 7. The molecular formula is C16H17NO6. The lowest BCUT2D eigenvalue weighted by Gasteiger charge is -2.01. The lowest BCUT2D eigenvalue weighted by Crippen LogP contribution is -1.98. The van der Waals surface area contributed by atoms with E-state index in [1.54, 1.807) is 30.4 Å². The third-order valence-corrected chi connectivity index (χ3v) is 3.23. The van der Waals surface area contributed by atoms with Gasteiger partial charge in [0, 0.05) is 6.08 Å². The highest BCUT2D eigenvalue weighted by atomic mass is 16.7. The highest BCUT2D eigenvalue weighted by Crippen LogP contribution is 2.34. The van der Waals surface area contributed by atoms with Gasteiger partial charge in [0.1, 0.15) is 0 Å². The molecule has 1 aromatic carbocycles. The van der Waals surface area contributed by atoms with Gasteiger partial charge in [-0.1, -0.05) is 6.08 Å². The maximum Gasteiger partial charge on any atom is 0.330 e. The fourth-order valence-corrected chi connectivity index (χ4v) is 2.08. The van der Waals surface area contributed by atoms with Crippen LogP contribution < -0.4 is 9.47 Å². The van der Waals surface area contributed by atoms with E-state index in [4.69, 9.17) is 9.47 Å². The molecule has 23 heavy (non-hydrogen) atoms. The Kier molecular flexibility index (Phi) is 5.74. The Bertz CT molecular complexity index is 650. The molecule has 0 unspecified atom stereocenters. The molecule has 0 spiro atoms. The normalized spacial score (nSPS) is 13.3. The second kappa shape index (κ2) is 7.98. The highest BCUT2D eigenvalue weighted by Gasteiger charge is 2.19. The first kappa shape index (κ1) is 16.5. The Balaban J connectivity index is 1.97. The average Bonchev–Trinajstić information content (AvgIpc) is 3.00. The second-order valence-corrected chi connectivity index (χ2v) is 4.77. The standard InChI is InChI=1S/C16H17NO6/c1-21-16(18)7-5-3-2-4-6-13(17(19)20)12-8-9-14-15(10-12)23-11-22-14/h5-10H,2-4,11H2,1H3/b7-5+,13-6-. The lowest BCUT2D eigenvalue weighted by molar-refractivity contribution is -0.375. The number of carbonyl (C=O) groups excluding carboxylic acids is 1. The number of nitro groups is 1. The van der Waals surface area contributed by atoms with Gasteiger partial charge >= 0.3 is 5.97 Å². The molecule has 0 aliphatic carbocycles. The van der Waals surface area contributed by atoms with Crippen molar-refractivity contribution in [1.29, 1.82) is 0 Å². The monoisotopic (exact) mass is 319 g/mol. The molecule has 1 aromatic rings. The van der Waals surface area contributed by atoms with E-state index in [2.05, 4.69) is 4.74 Å². The number of benzene rings is 1. The lowest BCUT2D eigenvalue weighted by atomic mass is 10.1. The van der Waals surface area contributed by atoms with Gasteiger partial charge in [-0.2, -0.15) is 0 Å². The molecule has 0 atom stereocenters. The van der Waals surface area contributed by atoms with Crippen LogP contribution in [0.5, 0.6) is 11.5 Å². The smallest absolute Gasteiger partial charge is 0.330 e. The molecule has 0 aromatic heterocycles. The minimum atomic E-state index is -0.415. The largest absolute Gasteiger partial charge is 0.466 e. The van der Waals surface area contributed by atoms with Gasteiger partial charge in [0.2, 0.25) is 6.79 Å². The van der Waals surface area contributed by atoms with Gasteiger partial charge in [-0.05, 0) is 43.5 Å². The van der Waals surface area contributed by atoms with Crippen LogP contribution in [0.1, 0.15) is 24.8 Å². The number of nitrogens with zero attached hydrogens (tertiary/aromatic N) is 1. The summed E-state index contributed by atoms with van der Waals surface area (Å²) in [4.78, 5) is 21.7. The van der Waals surface area contributed by atoms with Crippen molar-refractivity contribution in [3.63, 3.8) is 0 Å². The summed E-state index contributed by atoms with van der Waals surface area (Å²) in [5.74, 6) is 0.688. The predicted molar refractivity (Wildman–Crippen MR) is 82.5 cm³/mol. The number of methoxy groups -OCH3 is 1. The average molecular weight is 319 g/mol. The minimum absolute atomic E-state index is 0.0280. The number of carbonyl (C=O) groups is 1. The van der Waals surface area contributed by atoms with Crippen LogP contribution >= 0.6 is 0 Å². The van der Waals surface area contributed by atoms with E-state index < -0.39 is 10.9 Å². The summed E-state index contributed by atoms with van der Waals surface area (Å²) >= 11 is 0. The third kappa shape index (κ3) is 4.57. The Morgan fingerprint density at radius 3 is 2.87 bits per heavy atom. The van der Waals surface area contributed by atoms with E-state index in [1.165, 1.54) is 13.2 Å². The number of hydrogen-bond donors (Lipinski definition) is 0. The van der Waals surface area contributed by atoms with Crippen LogP contribution in [0.4, 0.5) is 0 Å². The van der Waals surface area contributed by atoms with E-state index in [9.17, 15) is 14.9 Å². The molecule has 1 aliphatic rings. The molecule has 0 N–H and O–H groups in total. The fraction of sp³-hybridized carbons (Fsp3) is 0.312. The first-order valence-corrected chi connectivity index (χ1v) is 7.11. The van der Waals surface area contributed by atoms with Gasteiger partial charge in [-0.3, -0.25) is 10.1 Å². The van der Waals surface area contributed by atoms with Crippen LogP contribution in [0.25, 0.3) is 5.70 Å². The van der Waals surface area contributed by atoms with Crippen molar-refractivity contribution in [1.82, 2.24) is 0 Å². The Labute approximate surface area is 133 Å². The van der Waals surface area contributed by atoms with Gasteiger partial charge in [0.05, 0.1) is 17.6 Å². The first-order chi connectivity index (χ1) is 11.1. The van der Waals surface area contributed by atoms with Gasteiger partial charge in [-0.25, -0.2) is 4.79 Å².